The van der Waals surface area contributed by atoms with Gasteiger partial charge < -0.3 is 5.32 Å². The van der Waals surface area contributed by atoms with Gasteiger partial charge in [0.1, 0.15) is 0 Å². The van der Waals surface area contributed by atoms with Crippen LogP contribution in [0.3, 0.4) is 0 Å². The fraction of sp³-hybridized carbons (Fsp3) is 0.300. The van der Waals surface area contributed by atoms with Gasteiger partial charge in [-0.15, -0.1) is 0 Å². The zero-order valence-corrected chi connectivity index (χ0v) is 13.5. The standard InChI is InChI=1S/C20H21NO2/c1-13-7-9-16(10-8-13)19(22)17-5-3-4-6-18(17)20(23)21-14(2)15-11-12-15/h3-10,14-15H,11-12H2,1-2H3,(H,21,23). The molecule has 0 spiro atoms. The minimum absolute atomic E-state index is 0.116. The number of carbonyl (C=O) groups excluding carboxylic acids is 2. The van der Waals surface area contributed by atoms with Gasteiger partial charge in [-0.25, -0.2) is 0 Å². The summed E-state index contributed by atoms with van der Waals surface area (Å²) >= 11 is 0. The minimum Gasteiger partial charge on any atom is -0.349 e. The molecule has 3 nitrogen and oxygen atoms in total. The molecule has 1 aliphatic rings. The first-order valence-electron chi connectivity index (χ1n) is 8.07. The van der Waals surface area contributed by atoms with Gasteiger partial charge in [0, 0.05) is 17.2 Å². The summed E-state index contributed by atoms with van der Waals surface area (Å²) in [7, 11) is 0. The third-order valence-corrected chi connectivity index (χ3v) is 4.42. The number of rotatable bonds is 5. The average Bonchev–Trinajstić information content (AvgIpc) is 3.40. The number of ketones is 1. The summed E-state index contributed by atoms with van der Waals surface area (Å²) in [4.78, 5) is 25.3. The fourth-order valence-corrected chi connectivity index (χ4v) is 2.74. The molecule has 23 heavy (non-hydrogen) atoms. The summed E-state index contributed by atoms with van der Waals surface area (Å²) in [6, 6.07) is 14.6. The number of benzene rings is 2. The number of aryl methyl sites for hydroxylation is 1. The lowest BCUT2D eigenvalue weighted by Gasteiger charge is -2.14. The SMILES string of the molecule is Cc1ccc(C(=O)c2ccccc2C(=O)NC(C)C2CC2)cc1. The molecule has 0 saturated heterocycles. The molecule has 0 aromatic heterocycles. The minimum atomic E-state index is -0.166. The Kier molecular flexibility index (Phi) is 4.28. The van der Waals surface area contributed by atoms with Crippen molar-refractivity contribution in [3.8, 4) is 0 Å². The highest BCUT2D eigenvalue weighted by Gasteiger charge is 2.29. The molecule has 0 aliphatic heterocycles. The lowest BCUT2D eigenvalue weighted by atomic mass is 9.97. The lowest BCUT2D eigenvalue weighted by molar-refractivity contribution is 0.0926. The van der Waals surface area contributed by atoms with E-state index in [1.54, 1.807) is 36.4 Å². The Hall–Kier alpha value is -2.42. The molecule has 1 fully saturated rings. The van der Waals surface area contributed by atoms with Crippen LogP contribution in [0, 0.1) is 12.8 Å². The Bertz CT molecular complexity index is 730. The first-order chi connectivity index (χ1) is 11.1. The van der Waals surface area contributed by atoms with Crippen LogP contribution in [0.25, 0.3) is 0 Å². The van der Waals surface area contributed by atoms with Gasteiger partial charge in [0.05, 0.1) is 5.56 Å². The Balaban J connectivity index is 1.86. The molecular formula is C20H21NO2. The molecule has 0 heterocycles. The summed E-state index contributed by atoms with van der Waals surface area (Å²) in [6.07, 6.45) is 2.34. The Morgan fingerprint density at radius 3 is 2.22 bits per heavy atom. The van der Waals surface area contributed by atoms with Crippen LogP contribution in [0.15, 0.2) is 48.5 Å². The number of carbonyl (C=O) groups is 2. The summed E-state index contributed by atoms with van der Waals surface area (Å²) in [6.45, 7) is 4.01. The maximum Gasteiger partial charge on any atom is 0.252 e. The van der Waals surface area contributed by atoms with Crippen LogP contribution in [0.1, 0.15) is 51.6 Å². The van der Waals surface area contributed by atoms with E-state index < -0.39 is 0 Å². The number of hydrogen-bond donors (Lipinski definition) is 1. The van der Waals surface area contributed by atoms with Gasteiger partial charge in [0.25, 0.3) is 5.91 Å². The molecule has 1 saturated carbocycles. The summed E-state index contributed by atoms with van der Waals surface area (Å²) < 4.78 is 0. The van der Waals surface area contributed by atoms with Gasteiger partial charge in [-0.05, 0) is 38.7 Å². The highest BCUT2D eigenvalue weighted by atomic mass is 16.2. The molecule has 2 aromatic rings. The largest absolute Gasteiger partial charge is 0.349 e. The van der Waals surface area contributed by atoms with Gasteiger partial charge in [-0.2, -0.15) is 0 Å². The average molecular weight is 307 g/mol. The van der Waals surface area contributed by atoms with Crippen molar-refractivity contribution in [1.82, 2.24) is 5.32 Å². The molecule has 118 valence electrons. The molecule has 3 rings (SSSR count). The molecule has 0 bridgehead atoms. The third-order valence-electron chi connectivity index (χ3n) is 4.42. The molecule has 1 atom stereocenters. The van der Waals surface area contributed by atoms with Gasteiger partial charge in [0.15, 0.2) is 5.78 Å². The van der Waals surface area contributed by atoms with E-state index in [0.717, 1.165) is 5.56 Å². The van der Waals surface area contributed by atoms with Crippen molar-refractivity contribution in [2.75, 3.05) is 0 Å². The van der Waals surface area contributed by atoms with Crippen LogP contribution in [0.2, 0.25) is 0 Å². The van der Waals surface area contributed by atoms with E-state index in [2.05, 4.69) is 5.32 Å². The van der Waals surface area contributed by atoms with Gasteiger partial charge in [-0.1, -0.05) is 48.0 Å². The molecule has 1 unspecified atom stereocenters. The zero-order chi connectivity index (χ0) is 16.4. The van der Waals surface area contributed by atoms with Crippen molar-refractivity contribution in [3.05, 3.63) is 70.8 Å². The topological polar surface area (TPSA) is 46.2 Å². The first-order valence-corrected chi connectivity index (χ1v) is 8.07. The lowest BCUT2D eigenvalue weighted by Crippen LogP contribution is -2.34. The summed E-state index contributed by atoms with van der Waals surface area (Å²) in [5.41, 5.74) is 2.61. The first kappa shape index (κ1) is 15.5. The van der Waals surface area contributed by atoms with Crippen LogP contribution in [-0.4, -0.2) is 17.7 Å². The maximum absolute atomic E-state index is 12.7. The molecule has 0 radical (unpaired) electrons. The van der Waals surface area contributed by atoms with Gasteiger partial charge in [-0.3, -0.25) is 9.59 Å². The second-order valence-electron chi connectivity index (χ2n) is 6.34. The van der Waals surface area contributed by atoms with E-state index in [1.807, 2.05) is 26.0 Å². The third kappa shape index (κ3) is 3.50. The molecular weight excluding hydrogens is 286 g/mol. The number of nitrogens with one attached hydrogen (secondary N) is 1. The predicted octanol–water partition coefficient (Wildman–Crippen LogP) is 3.75. The van der Waals surface area contributed by atoms with Crippen molar-refractivity contribution in [3.63, 3.8) is 0 Å². The second kappa shape index (κ2) is 6.37. The summed E-state index contributed by atoms with van der Waals surface area (Å²) in [5, 5.41) is 3.02. The van der Waals surface area contributed by atoms with Crippen LogP contribution < -0.4 is 5.32 Å². The van der Waals surface area contributed by atoms with Gasteiger partial charge in [0.2, 0.25) is 0 Å². The normalized spacial score (nSPS) is 15.0. The molecule has 3 heteroatoms. The van der Waals surface area contributed by atoms with Gasteiger partial charge >= 0.3 is 0 Å². The van der Waals surface area contributed by atoms with E-state index in [-0.39, 0.29) is 17.7 Å². The van der Waals surface area contributed by atoms with Crippen molar-refractivity contribution in [1.29, 1.82) is 0 Å². The zero-order valence-electron chi connectivity index (χ0n) is 13.5. The molecule has 1 aliphatic carbocycles. The second-order valence-corrected chi connectivity index (χ2v) is 6.34. The monoisotopic (exact) mass is 307 g/mol. The summed E-state index contributed by atoms with van der Waals surface area (Å²) in [5.74, 6) is 0.300. The maximum atomic E-state index is 12.7. The smallest absolute Gasteiger partial charge is 0.252 e. The van der Waals surface area contributed by atoms with Crippen molar-refractivity contribution in [2.24, 2.45) is 5.92 Å². The van der Waals surface area contributed by atoms with Crippen molar-refractivity contribution < 1.29 is 9.59 Å². The van der Waals surface area contributed by atoms with E-state index >= 15 is 0 Å². The fourth-order valence-electron chi connectivity index (χ4n) is 2.74. The van der Waals surface area contributed by atoms with E-state index in [9.17, 15) is 9.59 Å². The Morgan fingerprint density at radius 2 is 1.61 bits per heavy atom. The van der Waals surface area contributed by atoms with Crippen molar-refractivity contribution >= 4 is 11.7 Å². The quantitative estimate of drug-likeness (QED) is 0.855. The number of amides is 1. The number of hydrogen-bond acceptors (Lipinski definition) is 2. The van der Waals surface area contributed by atoms with Crippen LogP contribution in [-0.2, 0) is 0 Å². The predicted molar refractivity (Wildman–Crippen MR) is 90.7 cm³/mol. The molecule has 1 amide bonds. The van der Waals surface area contributed by atoms with Crippen LogP contribution in [0.5, 0.6) is 0 Å². The highest BCUT2D eigenvalue weighted by molar-refractivity contribution is 6.15. The van der Waals surface area contributed by atoms with Crippen molar-refractivity contribution in [2.45, 2.75) is 32.7 Å². The van der Waals surface area contributed by atoms with E-state index in [1.165, 1.54) is 12.8 Å². The Labute approximate surface area is 136 Å². The van der Waals surface area contributed by atoms with E-state index in [0.29, 0.717) is 22.6 Å². The van der Waals surface area contributed by atoms with Crippen LogP contribution in [0.4, 0.5) is 0 Å². The molecule has 2 aromatic carbocycles. The Morgan fingerprint density at radius 1 is 1.00 bits per heavy atom. The van der Waals surface area contributed by atoms with E-state index in [4.69, 9.17) is 0 Å². The van der Waals surface area contributed by atoms with Crippen LogP contribution >= 0.6 is 0 Å². The molecule has 1 N–H and O–H groups in total. The highest BCUT2D eigenvalue weighted by Crippen LogP contribution is 2.32.